The van der Waals surface area contributed by atoms with Crippen LogP contribution in [0.4, 0.5) is 27.8 Å². The van der Waals surface area contributed by atoms with Gasteiger partial charge in [0.2, 0.25) is 0 Å². The van der Waals surface area contributed by atoms with Crippen molar-refractivity contribution in [2.75, 3.05) is 19.5 Å². The van der Waals surface area contributed by atoms with Gasteiger partial charge in [-0.25, -0.2) is 0 Å². The Morgan fingerprint density at radius 3 is 2.24 bits per heavy atom. The Kier molecular flexibility index (Phi) is 6.35. The molecule has 0 saturated heterocycles. The van der Waals surface area contributed by atoms with Gasteiger partial charge >= 0.3 is 6.18 Å². The molecule has 1 aromatic heterocycles. The van der Waals surface area contributed by atoms with Crippen LogP contribution in [-0.4, -0.2) is 29.9 Å². The number of hydrogen-bond donors (Lipinski definition) is 1. The average molecular weight is 469 g/mol. The summed E-state index contributed by atoms with van der Waals surface area (Å²) in [6.45, 7) is 0.576. The number of carbonyl (C=O) groups excluding carboxylic acids is 1. The molecule has 3 aromatic rings. The molecule has 6 nitrogen and oxygen atoms in total. The lowest BCUT2D eigenvalue weighted by Gasteiger charge is -2.14. The molecule has 1 amide bonds. The number of hydrogen-bond acceptors (Lipinski definition) is 4. The van der Waals surface area contributed by atoms with Gasteiger partial charge in [-0.15, -0.1) is 0 Å². The molecule has 1 heterocycles. The number of amides is 1. The molecule has 176 valence electrons. The summed E-state index contributed by atoms with van der Waals surface area (Å²) in [4.78, 5) is 12.9. The Labute approximate surface area is 185 Å². The maximum atomic E-state index is 14.3. The van der Waals surface area contributed by atoms with E-state index in [-0.39, 0.29) is 28.3 Å². The first-order chi connectivity index (χ1) is 15.4. The van der Waals surface area contributed by atoms with Gasteiger partial charge < -0.3 is 14.8 Å². The molecule has 0 radical (unpaired) electrons. The minimum absolute atomic E-state index is 0.105. The Morgan fingerprint density at radius 1 is 1.00 bits per heavy atom. The number of anilines is 1. The topological polar surface area (TPSA) is 65.4 Å². The average Bonchev–Trinajstić information content (AvgIpc) is 3.09. The van der Waals surface area contributed by atoms with Crippen LogP contribution in [0.5, 0.6) is 11.5 Å². The van der Waals surface area contributed by atoms with Crippen LogP contribution in [0, 0.1) is 0 Å². The molecule has 11 heteroatoms. The quantitative estimate of drug-likeness (QED) is 0.485. The van der Waals surface area contributed by atoms with Crippen LogP contribution in [0.25, 0.3) is 11.1 Å². The summed E-state index contributed by atoms with van der Waals surface area (Å²) in [5, 5.41) is 6.27. The minimum atomic E-state index is -4.68. The highest BCUT2D eigenvalue weighted by molar-refractivity contribution is 6.06. The van der Waals surface area contributed by atoms with Gasteiger partial charge in [0.15, 0.2) is 11.5 Å². The second-order valence-electron chi connectivity index (χ2n) is 7.19. The van der Waals surface area contributed by atoms with Crippen LogP contribution in [0.2, 0.25) is 0 Å². The van der Waals surface area contributed by atoms with Crippen molar-refractivity contribution in [3.05, 3.63) is 59.3 Å². The third-order valence-corrected chi connectivity index (χ3v) is 4.82. The van der Waals surface area contributed by atoms with Crippen molar-refractivity contribution in [1.29, 1.82) is 0 Å². The maximum absolute atomic E-state index is 14.3. The number of ether oxygens (including phenoxy) is 2. The molecule has 0 bridgehead atoms. The highest BCUT2D eigenvalue weighted by Gasteiger charge is 2.36. The van der Waals surface area contributed by atoms with E-state index in [4.69, 9.17) is 9.47 Å². The van der Waals surface area contributed by atoms with Gasteiger partial charge in [0.05, 0.1) is 25.3 Å². The monoisotopic (exact) mass is 469 g/mol. The van der Waals surface area contributed by atoms with Gasteiger partial charge in [0.1, 0.15) is 11.5 Å². The number of carbonyl (C=O) groups is 1. The zero-order chi connectivity index (χ0) is 24.6. The number of nitrogens with zero attached hydrogens (tertiary/aromatic N) is 2. The molecule has 0 saturated carbocycles. The largest absolute Gasteiger partial charge is 0.493 e. The Hall–Kier alpha value is -3.63. The highest BCUT2D eigenvalue weighted by atomic mass is 19.4. The molecule has 0 atom stereocenters. The summed E-state index contributed by atoms with van der Waals surface area (Å²) in [6, 6.07) is 8.19. The molecule has 33 heavy (non-hydrogen) atoms. The molecule has 2 aromatic carbocycles. The molecule has 0 aliphatic rings. The second-order valence-corrected chi connectivity index (χ2v) is 7.19. The Morgan fingerprint density at radius 2 is 1.67 bits per heavy atom. The number of aryl methyl sites for hydroxylation is 1. The third-order valence-electron chi connectivity index (χ3n) is 4.82. The van der Waals surface area contributed by atoms with Crippen molar-refractivity contribution in [3.8, 4) is 22.6 Å². The van der Waals surface area contributed by atoms with E-state index in [1.165, 1.54) is 45.5 Å². The zero-order valence-corrected chi connectivity index (χ0v) is 18.1. The van der Waals surface area contributed by atoms with E-state index in [0.29, 0.717) is 12.7 Å². The maximum Gasteiger partial charge on any atom is 0.416 e. The first-order valence-corrected chi connectivity index (χ1v) is 9.53. The van der Waals surface area contributed by atoms with Crippen molar-refractivity contribution in [3.63, 3.8) is 0 Å². The van der Waals surface area contributed by atoms with E-state index < -0.39 is 29.3 Å². The van der Waals surface area contributed by atoms with Gasteiger partial charge in [0.25, 0.3) is 11.8 Å². The number of nitrogens with one attached hydrogen (secondary N) is 1. The van der Waals surface area contributed by atoms with Gasteiger partial charge in [-0.1, -0.05) is 12.1 Å². The molecule has 0 aliphatic carbocycles. The van der Waals surface area contributed by atoms with E-state index in [1.807, 2.05) is 0 Å². The number of rotatable bonds is 6. The smallest absolute Gasteiger partial charge is 0.416 e. The Bertz CT molecular complexity index is 1180. The highest BCUT2D eigenvalue weighted by Crippen LogP contribution is 2.41. The molecule has 3 rings (SSSR count). The minimum Gasteiger partial charge on any atom is -0.493 e. The SMILES string of the molecule is COc1ccc(C(=O)Nc2c(-c3cccc(C(F)(F)F)c3)c(C(C)(F)F)nn2C)cc1OC. The standard InChI is InChI=1S/C22H20F5N3O3/c1-21(23,24)18-17(12-6-5-7-14(10-12)22(25,26)27)19(30(2)29-18)28-20(31)13-8-9-15(32-3)16(11-13)33-4/h5-11H,1-4H3,(H,28,31). The molecular formula is C22H20F5N3O3. The van der Waals surface area contributed by atoms with Crippen molar-refractivity contribution in [1.82, 2.24) is 9.78 Å². The van der Waals surface area contributed by atoms with Gasteiger partial charge in [0, 0.05) is 19.5 Å². The molecule has 0 fully saturated rings. The third kappa shape index (κ3) is 4.91. The van der Waals surface area contributed by atoms with E-state index >= 15 is 0 Å². The summed E-state index contributed by atoms with van der Waals surface area (Å²) < 4.78 is 79.6. The Balaban J connectivity index is 2.12. The number of methoxy groups -OCH3 is 2. The van der Waals surface area contributed by atoms with Crippen LogP contribution in [0.1, 0.15) is 28.5 Å². The molecule has 0 unspecified atom stereocenters. The summed E-state index contributed by atoms with van der Waals surface area (Å²) in [5.74, 6) is -3.77. The number of aromatic nitrogens is 2. The van der Waals surface area contributed by atoms with Crippen LogP contribution in [0.15, 0.2) is 42.5 Å². The molecule has 1 N–H and O–H groups in total. The van der Waals surface area contributed by atoms with Crippen molar-refractivity contribution in [2.24, 2.45) is 7.05 Å². The predicted octanol–water partition coefficient (Wildman–Crippen LogP) is 5.49. The number of benzene rings is 2. The van der Waals surface area contributed by atoms with E-state index in [9.17, 15) is 26.7 Å². The van der Waals surface area contributed by atoms with Crippen LogP contribution < -0.4 is 14.8 Å². The summed E-state index contributed by atoms with van der Waals surface area (Å²) in [6.07, 6.45) is -4.68. The first-order valence-electron chi connectivity index (χ1n) is 9.53. The number of halogens is 5. The van der Waals surface area contributed by atoms with Crippen molar-refractivity contribution < 1.29 is 36.2 Å². The van der Waals surface area contributed by atoms with Crippen LogP contribution >= 0.6 is 0 Å². The first kappa shape index (κ1) is 24.0. The zero-order valence-electron chi connectivity index (χ0n) is 18.1. The fourth-order valence-electron chi connectivity index (χ4n) is 3.26. The van der Waals surface area contributed by atoms with E-state index in [2.05, 4.69) is 10.4 Å². The predicted molar refractivity (Wildman–Crippen MR) is 111 cm³/mol. The normalized spacial score (nSPS) is 11.9. The fraction of sp³-hybridized carbons (Fsp3) is 0.273. The summed E-state index contributed by atoms with van der Waals surface area (Å²) in [7, 11) is 4.10. The van der Waals surface area contributed by atoms with E-state index in [0.717, 1.165) is 22.9 Å². The summed E-state index contributed by atoms with van der Waals surface area (Å²) in [5.41, 5.74) is -2.17. The lowest BCUT2D eigenvalue weighted by Crippen LogP contribution is -2.15. The molecular weight excluding hydrogens is 449 g/mol. The molecule has 0 aliphatic heterocycles. The van der Waals surface area contributed by atoms with Gasteiger partial charge in [-0.3, -0.25) is 9.48 Å². The molecule has 0 spiro atoms. The lowest BCUT2D eigenvalue weighted by molar-refractivity contribution is -0.137. The van der Waals surface area contributed by atoms with Crippen LogP contribution in [0.3, 0.4) is 0 Å². The van der Waals surface area contributed by atoms with E-state index in [1.54, 1.807) is 0 Å². The van der Waals surface area contributed by atoms with Crippen molar-refractivity contribution >= 4 is 11.7 Å². The fourth-order valence-corrected chi connectivity index (χ4v) is 3.26. The number of alkyl halides is 5. The van der Waals surface area contributed by atoms with Crippen LogP contribution in [-0.2, 0) is 19.1 Å². The second kappa shape index (κ2) is 8.72. The lowest BCUT2D eigenvalue weighted by atomic mass is 10.00. The van der Waals surface area contributed by atoms with Crippen molar-refractivity contribution in [2.45, 2.75) is 19.0 Å². The summed E-state index contributed by atoms with van der Waals surface area (Å²) >= 11 is 0. The van der Waals surface area contributed by atoms with Gasteiger partial charge in [-0.05, 0) is 35.9 Å². The van der Waals surface area contributed by atoms with Gasteiger partial charge in [-0.2, -0.15) is 27.1 Å².